The predicted octanol–water partition coefficient (Wildman–Crippen LogP) is 6.04. The van der Waals surface area contributed by atoms with E-state index in [9.17, 15) is 4.57 Å². The van der Waals surface area contributed by atoms with E-state index in [0.717, 1.165) is 21.7 Å². The van der Waals surface area contributed by atoms with Gasteiger partial charge in [0.15, 0.2) is 0 Å². The van der Waals surface area contributed by atoms with Crippen LogP contribution in [0.4, 0.5) is 0 Å². The highest BCUT2D eigenvalue weighted by Crippen LogP contribution is 2.51. The summed E-state index contributed by atoms with van der Waals surface area (Å²) in [4.78, 5) is 4.70. The number of benzene rings is 2. The quantitative estimate of drug-likeness (QED) is 0.473. The van der Waals surface area contributed by atoms with Crippen molar-refractivity contribution in [1.82, 2.24) is 4.98 Å². The van der Waals surface area contributed by atoms with Gasteiger partial charge in [0, 0.05) is 5.56 Å². The van der Waals surface area contributed by atoms with E-state index in [1.54, 1.807) is 11.3 Å². The van der Waals surface area contributed by atoms with Crippen LogP contribution in [-0.4, -0.2) is 18.2 Å². The third kappa shape index (κ3) is 4.36. The molecule has 3 aromatic rings. The summed E-state index contributed by atoms with van der Waals surface area (Å²) in [7, 11) is -3.07. The maximum Gasteiger partial charge on any atom is 0.335 e. The third-order valence-electron chi connectivity index (χ3n) is 3.77. The summed E-state index contributed by atoms with van der Waals surface area (Å²) in [6.07, 6.45) is 0.286. The topological polar surface area (TPSA) is 48.4 Å². The van der Waals surface area contributed by atoms with Crippen molar-refractivity contribution in [2.75, 3.05) is 13.2 Å². The van der Waals surface area contributed by atoms with Gasteiger partial charge in [-0.25, -0.2) is 4.98 Å². The molecule has 2 aromatic carbocycles. The average Bonchev–Trinajstić information content (AvgIpc) is 2.99. The van der Waals surface area contributed by atoms with Crippen LogP contribution in [0.3, 0.4) is 0 Å². The Balaban J connectivity index is 1.82. The molecule has 0 aliphatic rings. The zero-order valence-corrected chi connectivity index (χ0v) is 16.4. The molecule has 1 heterocycles. The Kier molecular flexibility index (Phi) is 5.70. The average molecular weight is 375 g/mol. The van der Waals surface area contributed by atoms with Crippen LogP contribution < -0.4 is 0 Å². The molecule has 6 heteroatoms. The fourth-order valence-corrected chi connectivity index (χ4v) is 5.42. The number of aryl methyl sites for hydroxylation is 1. The van der Waals surface area contributed by atoms with Crippen LogP contribution in [-0.2, 0) is 19.8 Å². The van der Waals surface area contributed by atoms with E-state index in [1.165, 1.54) is 10.3 Å². The van der Waals surface area contributed by atoms with Crippen molar-refractivity contribution in [3.05, 3.63) is 53.6 Å². The second-order valence-corrected chi connectivity index (χ2v) is 8.88. The summed E-state index contributed by atoms with van der Waals surface area (Å²) in [5.74, 6) is 0. The van der Waals surface area contributed by atoms with Gasteiger partial charge in [0.05, 0.1) is 29.6 Å². The zero-order chi connectivity index (χ0) is 17.9. The van der Waals surface area contributed by atoms with Crippen LogP contribution in [0.5, 0.6) is 0 Å². The summed E-state index contributed by atoms with van der Waals surface area (Å²) in [6, 6.07) is 14.3. The molecule has 0 atom stereocenters. The lowest BCUT2D eigenvalue weighted by Crippen LogP contribution is -1.99. The smallest absolute Gasteiger partial charge is 0.309 e. The van der Waals surface area contributed by atoms with Gasteiger partial charge in [-0.3, -0.25) is 4.57 Å². The monoisotopic (exact) mass is 375 g/mol. The van der Waals surface area contributed by atoms with Crippen molar-refractivity contribution < 1.29 is 13.6 Å². The molecule has 4 nitrogen and oxygen atoms in total. The SMILES string of the molecule is CCOP(=O)(Cc1ccc(-c2nc3ccc(C)cc3s2)cc1)OCC. The number of hydrogen-bond acceptors (Lipinski definition) is 5. The van der Waals surface area contributed by atoms with Crippen LogP contribution >= 0.6 is 18.9 Å². The van der Waals surface area contributed by atoms with Gasteiger partial charge in [0.1, 0.15) is 5.01 Å². The highest BCUT2D eigenvalue weighted by molar-refractivity contribution is 7.53. The van der Waals surface area contributed by atoms with Gasteiger partial charge < -0.3 is 9.05 Å². The molecule has 25 heavy (non-hydrogen) atoms. The van der Waals surface area contributed by atoms with E-state index in [0.29, 0.717) is 13.2 Å². The van der Waals surface area contributed by atoms with Crippen molar-refractivity contribution in [2.24, 2.45) is 0 Å². The standard InChI is InChI=1S/C19H22NO3PS/c1-4-22-24(21,23-5-2)13-15-7-9-16(10-8-15)19-20-17-11-6-14(3)12-18(17)25-19/h6-12H,4-5,13H2,1-3H3. The lowest BCUT2D eigenvalue weighted by atomic mass is 10.1. The summed E-state index contributed by atoms with van der Waals surface area (Å²) in [5, 5.41) is 0.991. The van der Waals surface area contributed by atoms with Crippen LogP contribution in [0.15, 0.2) is 42.5 Å². The molecule has 0 saturated heterocycles. The lowest BCUT2D eigenvalue weighted by Gasteiger charge is -2.17. The minimum absolute atomic E-state index is 0.286. The molecule has 0 saturated carbocycles. The summed E-state index contributed by atoms with van der Waals surface area (Å²) in [6.45, 7) is 6.48. The second kappa shape index (κ2) is 7.79. The molecule has 0 amide bonds. The Morgan fingerprint density at radius 3 is 2.36 bits per heavy atom. The van der Waals surface area contributed by atoms with E-state index in [1.807, 2.05) is 38.1 Å². The fraction of sp³-hybridized carbons (Fsp3) is 0.316. The Labute approximate surface area is 152 Å². The van der Waals surface area contributed by atoms with Crippen molar-refractivity contribution in [2.45, 2.75) is 26.9 Å². The van der Waals surface area contributed by atoms with Gasteiger partial charge in [0.25, 0.3) is 0 Å². The van der Waals surface area contributed by atoms with Gasteiger partial charge in [-0.2, -0.15) is 0 Å². The number of hydrogen-bond donors (Lipinski definition) is 0. The van der Waals surface area contributed by atoms with E-state index >= 15 is 0 Å². The van der Waals surface area contributed by atoms with Crippen molar-refractivity contribution in [3.8, 4) is 10.6 Å². The van der Waals surface area contributed by atoms with Gasteiger partial charge in [-0.15, -0.1) is 11.3 Å². The molecule has 3 rings (SSSR count). The highest BCUT2D eigenvalue weighted by atomic mass is 32.1. The molecule has 0 radical (unpaired) electrons. The minimum atomic E-state index is -3.07. The molecule has 132 valence electrons. The predicted molar refractivity (Wildman–Crippen MR) is 104 cm³/mol. The third-order valence-corrected chi connectivity index (χ3v) is 6.90. The van der Waals surface area contributed by atoms with Crippen molar-refractivity contribution >= 4 is 29.1 Å². The van der Waals surface area contributed by atoms with Crippen LogP contribution in [0.2, 0.25) is 0 Å². The number of rotatable bonds is 7. The Morgan fingerprint density at radius 1 is 1.04 bits per heavy atom. The molecular formula is C19H22NO3PS. The Bertz CT molecular complexity index is 895. The first-order valence-corrected chi connectivity index (χ1v) is 10.9. The lowest BCUT2D eigenvalue weighted by molar-refractivity contribution is 0.219. The first-order valence-electron chi connectivity index (χ1n) is 8.37. The molecule has 0 fully saturated rings. The molecule has 0 unspecified atom stereocenters. The normalized spacial score (nSPS) is 12.0. The molecule has 0 bridgehead atoms. The number of thiazole rings is 1. The maximum atomic E-state index is 12.6. The van der Waals surface area contributed by atoms with E-state index in [2.05, 4.69) is 25.1 Å². The van der Waals surface area contributed by atoms with E-state index < -0.39 is 7.60 Å². The van der Waals surface area contributed by atoms with Gasteiger partial charge in [-0.1, -0.05) is 30.3 Å². The zero-order valence-electron chi connectivity index (χ0n) is 14.7. The second-order valence-electron chi connectivity index (χ2n) is 5.79. The summed E-state index contributed by atoms with van der Waals surface area (Å²) >= 11 is 1.68. The number of fused-ring (bicyclic) bond motifs is 1. The number of nitrogens with zero attached hydrogens (tertiary/aromatic N) is 1. The molecule has 1 aromatic heterocycles. The van der Waals surface area contributed by atoms with Gasteiger partial charge >= 0.3 is 7.60 Å². The van der Waals surface area contributed by atoms with Crippen molar-refractivity contribution in [3.63, 3.8) is 0 Å². The van der Waals surface area contributed by atoms with Crippen LogP contribution in [0.1, 0.15) is 25.0 Å². The molecule has 0 aliphatic carbocycles. The number of aromatic nitrogens is 1. The van der Waals surface area contributed by atoms with Crippen LogP contribution in [0, 0.1) is 6.92 Å². The van der Waals surface area contributed by atoms with Crippen LogP contribution in [0.25, 0.3) is 20.8 Å². The Morgan fingerprint density at radius 2 is 1.72 bits per heavy atom. The van der Waals surface area contributed by atoms with E-state index in [4.69, 9.17) is 14.0 Å². The van der Waals surface area contributed by atoms with Crippen molar-refractivity contribution in [1.29, 1.82) is 0 Å². The highest BCUT2D eigenvalue weighted by Gasteiger charge is 2.24. The van der Waals surface area contributed by atoms with Gasteiger partial charge in [0.2, 0.25) is 0 Å². The molecule has 0 aliphatic heterocycles. The Hall–Kier alpha value is -1.52. The van der Waals surface area contributed by atoms with Gasteiger partial charge in [-0.05, 0) is 44.0 Å². The molecule has 0 N–H and O–H groups in total. The first kappa shape index (κ1) is 18.3. The van der Waals surface area contributed by atoms with E-state index in [-0.39, 0.29) is 6.16 Å². The summed E-state index contributed by atoms with van der Waals surface area (Å²) in [5.41, 5.74) is 4.25. The fourth-order valence-electron chi connectivity index (χ4n) is 2.65. The first-order chi connectivity index (χ1) is 12.0. The maximum absolute atomic E-state index is 12.6. The summed E-state index contributed by atoms with van der Waals surface area (Å²) < 4.78 is 24.5. The molecule has 0 spiro atoms. The minimum Gasteiger partial charge on any atom is -0.309 e. The molecular weight excluding hydrogens is 353 g/mol. The largest absolute Gasteiger partial charge is 0.335 e.